The Hall–Kier alpha value is -1.15. The maximum absolute atomic E-state index is 12.1. The number of hydrogen-bond donors (Lipinski definition) is 1. The summed E-state index contributed by atoms with van der Waals surface area (Å²) < 4.78 is 42.7. The topological polar surface area (TPSA) is 52.0 Å². The molecule has 0 spiro atoms. The van der Waals surface area contributed by atoms with Crippen LogP contribution in [0.4, 0.5) is 13.2 Å². The van der Waals surface area contributed by atoms with Crippen molar-refractivity contribution in [2.75, 3.05) is 19.8 Å². The molecule has 1 N–H and O–H groups in total. The van der Waals surface area contributed by atoms with E-state index in [-0.39, 0.29) is 18.7 Å². The van der Waals surface area contributed by atoms with E-state index in [0.29, 0.717) is 13.0 Å². The van der Waals surface area contributed by atoms with E-state index in [2.05, 4.69) is 15.4 Å². The van der Waals surface area contributed by atoms with Crippen LogP contribution in [0.3, 0.4) is 0 Å². The highest BCUT2D eigenvalue weighted by atomic mass is 19.4. The lowest BCUT2D eigenvalue weighted by Gasteiger charge is -2.19. The summed E-state index contributed by atoms with van der Waals surface area (Å²) in [5, 5.41) is 7.21. The van der Waals surface area contributed by atoms with E-state index in [4.69, 9.17) is 4.74 Å². The fraction of sp³-hybridized carbons (Fsp3) is 0.833. The molecule has 0 saturated carbocycles. The molecule has 8 heteroatoms. The maximum Gasteiger partial charge on any atom is 0.411 e. The average Bonchev–Trinajstić information content (AvgIpc) is 2.75. The Morgan fingerprint density at radius 1 is 1.40 bits per heavy atom. The minimum absolute atomic E-state index is 0.0156. The lowest BCUT2D eigenvalue weighted by atomic mass is 10.2. The van der Waals surface area contributed by atoms with Crippen molar-refractivity contribution in [3.8, 4) is 0 Å². The summed E-state index contributed by atoms with van der Waals surface area (Å²) in [6, 6.07) is -0.0603. The van der Waals surface area contributed by atoms with E-state index in [9.17, 15) is 13.2 Å². The van der Waals surface area contributed by atoms with Gasteiger partial charge in [0, 0.05) is 18.5 Å². The monoisotopic (exact) mass is 294 g/mol. The number of rotatable bonds is 8. The first-order chi connectivity index (χ1) is 9.33. The molecule has 0 bridgehead atoms. The highest BCUT2D eigenvalue weighted by Gasteiger charge is 2.28. The molecule has 0 fully saturated rings. The molecule has 0 aromatic carbocycles. The largest absolute Gasteiger partial charge is 0.411 e. The molecule has 5 nitrogen and oxygen atoms in total. The van der Waals surface area contributed by atoms with Crippen LogP contribution in [0.25, 0.3) is 0 Å². The maximum atomic E-state index is 12.1. The number of likely N-dealkylation sites (N-methyl/N-ethyl adjacent to an activating group) is 1. The van der Waals surface area contributed by atoms with Crippen molar-refractivity contribution in [3.05, 3.63) is 12.2 Å². The first-order valence-corrected chi connectivity index (χ1v) is 6.59. The van der Waals surface area contributed by atoms with Gasteiger partial charge in [-0.15, -0.1) is 0 Å². The Morgan fingerprint density at radius 2 is 2.10 bits per heavy atom. The molecule has 1 heterocycles. The minimum atomic E-state index is -4.30. The van der Waals surface area contributed by atoms with Gasteiger partial charge < -0.3 is 10.1 Å². The van der Waals surface area contributed by atoms with Gasteiger partial charge in [0.15, 0.2) is 0 Å². The first kappa shape index (κ1) is 16.9. The molecule has 20 heavy (non-hydrogen) atoms. The van der Waals surface area contributed by atoms with E-state index in [1.807, 2.05) is 20.8 Å². The third kappa shape index (κ3) is 5.87. The lowest BCUT2D eigenvalue weighted by molar-refractivity contribution is -0.175. The highest BCUT2D eigenvalue weighted by molar-refractivity contribution is 4.91. The minimum Gasteiger partial charge on any atom is -0.370 e. The molecule has 1 rings (SSSR count). The van der Waals surface area contributed by atoms with Crippen molar-refractivity contribution in [3.63, 3.8) is 0 Å². The van der Waals surface area contributed by atoms with Crippen LogP contribution in [0.15, 0.2) is 6.33 Å². The Bertz CT molecular complexity index is 392. The van der Waals surface area contributed by atoms with Crippen LogP contribution in [0, 0.1) is 0 Å². The molecular weight excluding hydrogens is 273 g/mol. The first-order valence-electron chi connectivity index (χ1n) is 6.59. The van der Waals surface area contributed by atoms with Crippen LogP contribution in [0.5, 0.6) is 0 Å². The van der Waals surface area contributed by atoms with Crippen molar-refractivity contribution >= 4 is 0 Å². The van der Waals surface area contributed by atoms with Gasteiger partial charge in [0.05, 0.1) is 6.61 Å². The number of nitrogens with one attached hydrogen (secondary N) is 1. The summed E-state index contributed by atoms with van der Waals surface area (Å²) in [5.74, 6) is 0.738. The SMILES string of the molecule is CCNC(COCC(F)(F)F)Cc1ncnn1C(C)C. The zero-order valence-electron chi connectivity index (χ0n) is 11.9. The van der Waals surface area contributed by atoms with Crippen molar-refractivity contribution in [1.29, 1.82) is 0 Å². The van der Waals surface area contributed by atoms with Gasteiger partial charge in [0.25, 0.3) is 0 Å². The molecule has 0 amide bonds. The van der Waals surface area contributed by atoms with Crippen molar-refractivity contribution in [2.45, 2.75) is 45.5 Å². The van der Waals surface area contributed by atoms with Gasteiger partial charge in [-0.25, -0.2) is 9.67 Å². The van der Waals surface area contributed by atoms with E-state index in [1.165, 1.54) is 6.33 Å². The molecular formula is C12H21F3N4O. The second kappa shape index (κ2) is 7.58. The molecule has 1 unspecified atom stereocenters. The fourth-order valence-corrected chi connectivity index (χ4v) is 1.87. The quantitative estimate of drug-likeness (QED) is 0.796. The molecule has 0 aliphatic rings. The molecule has 0 radical (unpaired) electrons. The summed E-state index contributed by atoms with van der Waals surface area (Å²) in [7, 11) is 0. The normalized spacial score (nSPS) is 13.9. The zero-order valence-corrected chi connectivity index (χ0v) is 11.9. The second-order valence-corrected chi connectivity index (χ2v) is 4.80. The summed E-state index contributed by atoms with van der Waals surface area (Å²) in [5.41, 5.74) is 0. The van der Waals surface area contributed by atoms with Gasteiger partial charge in [0.1, 0.15) is 18.8 Å². The van der Waals surface area contributed by atoms with Gasteiger partial charge in [-0.1, -0.05) is 6.92 Å². The number of aromatic nitrogens is 3. The van der Waals surface area contributed by atoms with Crippen molar-refractivity contribution in [2.24, 2.45) is 0 Å². The Morgan fingerprint density at radius 3 is 2.65 bits per heavy atom. The van der Waals surface area contributed by atoms with E-state index in [0.717, 1.165) is 5.82 Å². The second-order valence-electron chi connectivity index (χ2n) is 4.80. The molecule has 1 atom stereocenters. The number of alkyl halides is 3. The smallest absolute Gasteiger partial charge is 0.370 e. The van der Waals surface area contributed by atoms with Crippen LogP contribution >= 0.6 is 0 Å². The average molecular weight is 294 g/mol. The fourth-order valence-electron chi connectivity index (χ4n) is 1.87. The Balaban J connectivity index is 2.56. The van der Waals surface area contributed by atoms with Crippen LogP contribution in [0.1, 0.15) is 32.6 Å². The van der Waals surface area contributed by atoms with E-state index < -0.39 is 12.8 Å². The molecule has 1 aromatic heterocycles. The van der Waals surface area contributed by atoms with Gasteiger partial charge in [-0.05, 0) is 20.4 Å². The molecule has 0 aliphatic carbocycles. The number of hydrogen-bond acceptors (Lipinski definition) is 4. The number of halogens is 3. The van der Waals surface area contributed by atoms with E-state index in [1.54, 1.807) is 4.68 Å². The standard InChI is InChI=1S/C12H21F3N4O/c1-4-16-10(6-20-7-12(13,14)15)5-11-17-8-18-19(11)9(2)3/h8-10,16H,4-7H2,1-3H3. The third-order valence-corrected chi connectivity index (χ3v) is 2.64. The summed E-state index contributed by atoms with van der Waals surface area (Å²) in [6.45, 7) is 5.24. The number of ether oxygens (including phenoxy) is 1. The molecule has 116 valence electrons. The molecule has 1 aromatic rings. The summed E-state index contributed by atoms with van der Waals surface area (Å²) in [4.78, 5) is 4.15. The van der Waals surface area contributed by atoms with Gasteiger partial charge in [0.2, 0.25) is 0 Å². The van der Waals surface area contributed by atoms with Crippen molar-refractivity contribution in [1.82, 2.24) is 20.1 Å². The zero-order chi connectivity index (χ0) is 15.2. The molecule has 0 aliphatic heterocycles. The van der Waals surface area contributed by atoms with Gasteiger partial charge in [-0.2, -0.15) is 18.3 Å². The lowest BCUT2D eigenvalue weighted by Crippen LogP contribution is -2.37. The summed E-state index contributed by atoms with van der Waals surface area (Å²) >= 11 is 0. The predicted octanol–water partition coefficient (Wildman–Crippen LogP) is 1.96. The van der Waals surface area contributed by atoms with E-state index >= 15 is 0 Å². The van der Waals surface area contributed by atoms with Crippen molar-refractivity contribution < 1.29 is 17.9 Å². The number of nitrogens with zero attached hydrogens (tertiary/aromatic N) is 3. The van der Waals surface area contributed by atoms with Gasteiger partial charge >= 0.3 is 6.18 Å². The van der Waals surface area contributed by atoms with Crippen LogP contribution < -0.4 is 5.32 Å². The third-order valence-electron chi connectivity index (χ3n) is 2.64. The molecule has 0 saturated heterocycles. The Labute approximate surface area is 116 Å². The van der Waals surface area contributed by atoms with Crippen LogP contribution in [-0.2, 0) is 11.2 Å². The van der Waals surface area contributed by atoms with Crippen LogP contribution in [-0.4, -0.2) is 46.7 Å². The predicted molar refractivity (Wildman–Crippen MR) is 68.4 cm³/mol. The highest BCUT2D eigenvalue weighted by Crippen LogP contribution is 2.15. The van der Waals surface area contributed by atoms with Crippen LogP contribution in [0.2, 0.25) is 0 Å². The van der Waals surface area contributed by atoms with Gasteiger partial charge in [-0.3, -0.25) is 0 Å². The Kier molecular flexibility index (Phi) is 6.41. The summed E-state index contributed by atoms with van der Waals surface area (Å²) in [6.07, 6.45) is -2.37.